The van der Waals surface area contributed by atoms with Crippen LogP contribution >= 0.6 is 0 Å². The molecule has 29 heavy (non-hydrogen) atoms. The average molecular weight is 396 g/mol. The number of hydrogen-bond donors (Lipinski definition) is 0. The van der Waals surface area contributed by atoms with Crippen LogP contribution in [0, 0.1) is 5.92 Å². The van der Waals surface area contributed by atoms with Crippen molar-refractivity contribution in [2.75, 3.05) is 50.7 Å². The van der Waals surface area contributed by atoms with Gasteiger partial charge in [-0.3, -0.25) is 0 Å². The zero-order valence-corrected chi connectivity index (χ0v) is 19.3. The summed E-state index contributed by atoms with van der Waals surface area (Å²) >= 11 is 0. The molecule has 0 N–H and O–H groups in total. The number of benzene rings is 2. The van der Waals surface area contributed by atoms with E-state index < -0.39 is 0 Å². The van der Waals surface area contributed by atoms with Crippen LogP contribution in [0.5, 0.6) is 0 Å². The van der Waals surface area contributed by atoms with E-state index in [0.29, 0.717) is 6.04 Å². The Morgan fingerprint density at radius 3 is 2.14 bits per heavy atom. The first kappa shape index (κ1) is 22.1. The van der Waals surface area contributed by atoms with Crippen molar-refractivity contribution in [1.29, 1.82) is 0 Å². The number of nitrogens with zero attached hydrogens (tertiary/aromatic N) is 3. The third-order valence-electron chi connectivity index (χ3n) is 6.97. The largest absolute Gasteiger partial charge is 0.363 e. The van der Waals surface area contributed by atoms with Gasteiger partial charge < -0.3 is 14.7 Å². The van der Waals surface area contributed by atoms with E-state index in [1.54, 1.807) is 5.56 Å². The number of hydrogen-bond acceptors (Lipinski definition) is 3. The Hall–Kier alpha value is -1.58. The molecule has 2 aromatic rings. The van der Waals surface area contributed by atoms with Gasteiger partial charge in [0, 0.05) is 24.2 Å². The molecule has 1 heterocycles. The minimum atomic E-state index is 0.512. The van der Waals surface area contributed by atoms with Gasteiger partial charge in [-0.05, 0) is 68.5 Å². The van der Waals surface area contributed by atoms with E-state index in [0.717, 1.165) is 45.2 Å². The van der Waals surface area contributed by atoms with E-state index in [1.807, 2.05) is 0 Å². The molecule has 0 amide bonds. The second kappa shape index (κ2) is 10.4. The average Bonchev–Trinajstić information content (AvgIpc) is 3.04. The number of anilines is 1. The van der Waals surface area contributed by atoms with Gasteiger partial charge in [0.1, 0.15) is 0 Å². The van der Waals surface area contributed by atoms with E-state index in [2.05, 4.69) is 85.7 Å². The second-order valence-electron chi connectivity index (χ2n) is 8.61. The van der Waals surface area contributed by atoms with Crippen LogP contribution in [0.2, 0.25) is 0 Å². The van der Waals surface area contributed by atoms with E-state index in [-0.39, 0.29) is 0 Å². The Morgan fingerprint density at radius 2 is 1.48 bits per heavy atom. The molecule has 0 saturated carbocycles. The van der Waals surface area contributed by atoms with Gasteiger partial charge >= 0.3 is 0 Å². The zero-order chi connectivity index (χ0) is 20.8. The van der Waals surface area contributed by atoms with Crippen molar-refractivity contribution in [1.82, 2.24) is 9.80 Å². The molecule has 160 valence electrons. The maximum absolute atomic E-state index is 2.71. The molecule has 1 aliphatic heterocycles. The molecule has 0 aliphatic carbocycles. The van der Waals surface area contributed by atoms with Crippen LogP contribution in [0.3, 0.4) is 0 Å². The topological polar surface area (TPSA) is 9.72 Å². The summed E-state index contributed by atoms with van der Waals surface area (Å²) in [6.45, 7) is 19.6. The van der Waals surface area contributed by atoms with Crippen molar-refractivity contribution in [3.05, 3.63) is 42.0 Å². The molecule has 0 bridgehead atoms. The van der Waals surface area contributed by atoms with Gasteiger partial charge in [-0.25, -0.2) is 0 Å². The van der Waals surface area contributed by atoms with Crippen molar-refractivity contribution in [3.8, 4) is 0 Å². The molecular weight excluding hydrogens is 354 g/mol. The van der Waals surface area contributed by atoms with Crippen LogP contribution in [0.1, 0.15) is 59.1 Å². The Bertz CT molecular complexity index is 758. The molecule has 0 radical (unpaired) electrons. The van der Waals surface area contributed by atoms with Crippen LogP contribution < -0.4 is 4.90 Å². The van der Waals surface area contributed by atoms with Crippen molar-refractivity contribution in [3.63, 3.8) is 0 Å². The van der Waals surface area contributed by atoms with Crippen molar-refractivity contribution in [2.45, 2.75) is 53.5 Å². The van der Waals surface area contributed by atoms with Gasteiger partial charge in [0.15, 0.2) is 0 Å². The fraction of sp³-hybridized carbons (Fsp3) is 0.615. The summed E-state index contributed by atoms with van der Waals surface area (Å²) in [4.78, 5) is 7.81. The minimum absolute atomic E-state index is 0.512. The number of likely N-dealkylation sites (N-methyl/N-ethyl adjacent to an activating group) is 1. The minimum Gasteiger partial charge on any atom is -0.363 e. The monoisotopic (exact) mass is 395 g/mol. The highest BCUT2D eigenvalue weighted by molar-refractivity contribution is 6.00. The first-order valence-electron chi connectivity index (χ1n) is 11.9. The molecule has 0 saturated heterocycles. The molecule has 3 heteroatoms. The molecular formula is C26H41N3. The molecule has 1 aliphatic rings. The van der Waals surface area contributed by atoms with Gasteiger partial charge in [0.2, 0.25) is 0 Å². The fourth-order valence-electron chi connectivity index (χ4n) is 4.96. The highest BCUT2D eigenvalue weighted by atomic mass is 15.2. The van der Waals surface area contributed by atoms with Crippen LogP contribution in [0.15, 0.2) is 36.4 Å². The molecule has 3 nitrogen and oxygen atoms in total. The standard InChI is InChI=1S/C26H41N3/c1-6-27(7-2)17-16-21(5)20-25-23-14-10-12-22-13-11-15-24(26(22)23)29(25)19-18-28(8-3)9-4/h10-15,21,25H,6-9,16-20H2,1-5H3. The zero-order valence-electron chi connectivity index (χ0n) is 19.3. The lowest BCUT2D eigenvalue weighted by Gasteiger charge is -2.33. The first-order chi connectivity index (χ1) is 14.1. The Kier molecular flexibility index (Phi) is 7.97. The van der Waals surface area contributed by atoms with Crippen LogP contribution in [-0.2, 0) is 0 Å². The van der Waals surface area contributed by atoms with Gasteiger partial charge in [0.05, 0.1) is 6.04 Å². The summed E-state index contributed by atoms with van der Waals surface area (Å²) in [5.74, 6) is 0.723. The van der Waals surface area contributed by atoms with E-state index >= 15 is 0 Å². The fourth-order valence-corrected chi connectivity index (χ4v) is 4.96. The molecule has 0 fully saturated rings. The van der Waals surface area contributed by atoms with E-state index in [4.69, 9.17) is 0 Å². The van der Waals surface area contributed by atoms with Crippen LogP contribution in [0.25, 0.3) is 10.8 Å². The molecule has 2 atom stereocenters. The lowest BCUT2D eigenvalue weighted by atomic mass is 9.92. The summed E-state index contributed by atoms with van der Waals surface area (Å²) in [6, 6.07) is 14.3. The predicted octanol–water partition coefficient (Wildman–Crippen LogP) is 5.80. The highest BCUT2D eigenvalue weighted by Gasteiger charge is 2.32. The Labute approximate surface area is 178 Å². The molecule has 0 aromatic heterocycles. The maximum atomic E-state index is 2.71. The highest BCUT2D eigenvalue weighted by Crippen LogP contribution is 2.46. The lowest BCUT2D eigenvalue weighted by molar-refractivity contribution is 0.269. The molecule has 3 rings (SSSR count). The van der Waals surface area contributed by atoms with Crippen LogP contribution in [0.4, 0.5) is 5.69 Å². The summed E-state index contributed by atoms with van der Waals surface area (Å²) in [5, 5.41) is 2.89. The SMILES string of the molecule is CCN(CC)CCC(C)CC1c2cccc3cccc(c23)N1CCN(CC)CC. The maximum Gasteiger partial charge on any atom is 0.0552 e. The van der Waals surface area contributed by atoms with E-state index in [1.165, 1.54) is 35.8 Å². The summed E-state index contributed by atoms with van der Waals surface area (Å²) < 4.78 is 0. The lowest BCUT2D eigenvalue weighted by Crippen LogP contribution is -2.36. The smallest absolute Gasteiger partial charge is 0.0552 e. The summed E-state index contributed by atoms with van der Waals surface area (Å²) in [7, 11) is 0. The van der Waals surface area contributed by atoms with E-state index in [9.17, 15) is 0 Å². The predicted molar refractivity (Wildman–Crippen MR) is 128 cm³/mol. The van der Waals surface area contributed by atoms with Crippen molar-refractivity contribution >= 4 is 16.5 Å². The van der Waals surface area contributed by atoms with Gasteiger partial charge in [-0.2, -0.15) is 0 Å². The van der Waals surface area contributed by atoms with Gasteiger partial charge in [-0.1, -0.05) is 65.0 Å². The third kappa shape index (κ3) is 4.95. The molecule has 2 aromatic carbocycles. The first-order valence-corrected chi connectivity index (χ1v) is 11.9. The third-order valence-corrected chi connectivity index (χ3v) is 6.97. The quantitative estimate of drug-likeness (QED) is 0.449. The molecule has 0 spiro atoms. The normalized spacial score (nSPS) is 17.1. The van der Waals surface area contributed by atoms with Crippen molar-refractivity contribution < 1.29 is 0 Å². The summed E-state index contributed by atoms with van der Waals surface area (Å²) in [6.07, 6.45) is 2.53. The Balaban J connectivity index is 1.80. The van der Waals surface area contributed by atoms with Crippen molar-refractivity contribution in [2.24, 2.45) is 5.92 Å². The van der Waals surface area contributed by atoms with Crippen LogP contribution in [-0.4, -0.2) is 55.6 Å². The number of rotatable bonds is 12. The summed E-state index contributed by atoms with van der Waals surface area (Å²) in [5.41, 5.74) is 3.00. The van der Waals surface area contributed by atoms with Gasteiger partial charge in [-0.15, -0.1) is 0 Å². The Morgan fingerprint density at radius 1 is 0.862 bits per heavy atom. The van der Waals surface area contributed by atoms with Gasteiger partial charge in [0.25, 0.3) is 0 Å². The second-order valence-corrected chi connectivity index (χ2v) is 8.61. The molecule has 2 unspecified atom stereocenters.